The van der Waals surface area contributed by atoms with Crippen LogP contribution in [0.25, 0.3) is 6.08 Å². The molecule has 1 N–H and O–H groups in total. The molecule has 1 fully saturated rings. The van der Waals surface area contributed by atoms with E-state index in [1.54, 1.807) is 6.08 Å². The molecule has 0 aliphatic carbocycles. The fraction of sp³-hybridized carbons (Fsp3) is 0.714. The number of aliphatic hydroxyl groups excluding tert-OH is 1. The molecule has 5 nitrogen and oxygen atoms in total. The quantitative estimate of drug-likeness (QED) is 0.306. The molecule has 5 heteroatoms. The van der Waals surface area contributed by atoms with Crippen LogP contribution in [0.1, 0.15) is 91.5 Å². The lowest BCUT2D eigenvalue weighted by atomic mass is 9.80. The van der Waals surface area contributed by atoms with E-state index < -0.39 is 6.10 Å². The monoisotopic (exact) mass is 461 g/mol. The Balaban J connectivity index is 1.77. The lowest BCUT2D eigenvalue weighted by Gasteiger charge is -2.53. The Hall–Kier alpha value is -1.40. The van der Waals surface area contributed by atoms with Crippen LogP contribution in [-0.2, 0) is 9.57 Å². The number of ether oxygens (including phenoxy) is 2. The van der Waals surface area contributed by atoms with Gasteiger partial charge in [0.15, 0.2) is 0 Å². The van der Waals surface area contributed by atoms with Crippen molar-refractivity contribution >= 4 is 6.08 Å². The van der Waals surface area contributed by atoms with Crippen molar-refractivity contribution in [3.63, 3.8) is 0 Å². The summed E-state index contributed by atoms with van der Waals surface area (Å²) in [5.74, 6) is 0.727. The van der Waals surface area contributed by atoms with Gasteiger partial charge in [0, 0.05) is 16.6 Å². The summed E-state index contributed by atoms with van der Waals surface area (Å²) >= 11 is 0. The number of unbranched alkanes of at least 4 members (excludes halogenated alkanes) is 5. The van der Waals surface area contributed by atoms with Crippen LogP contribution in [0.5, 0.6) is 5.75 Å². The van der Waals surface area contributed by atoms with Gasteiger partial charge in [-0.1, -0.05) is 69.9 Å². The van der Waals surface area contributed by atoms with Crippen LogP contribution in [0, 0.1) is 0 Å². The Kier molecular flexibility index (Phi) is 11.4. The highest BCUT2D eigenvalue weighted by Crippen LogP contribution is 2.40. The summed E-state index contributed by atoms with van der Waals surface area (Å²) in [5.41, 5.74) is 0.639. The van der Waals surface area contributed by atoms with Gasteiger partial charge in [0.25, 0.3) is 0 Å². The molecule has 1 unspecified atom stereocenters. The van der Waals surface area contributed by atoms with Gasteiger partial charge in [0.1, 0.15) is 18.5 Å². The highest BCUT2D eigenvalue weighted by Gasteiger charge is 2.47. The second-order valence-electron chi connectivity index (χ2n) is 10.6. The van der Waals surface area contributed by atoms with Crippen molar-refractivity contribution in [2.75, 3.05) is 19.8 Å². The van der Waals surface area contributed by atoms with Gasteiger partial charge in [-0.05, 0) is 53.0 Å². The number of para-hydroxylation sites is 1. The number of hydroxylamine groups is 2. The Morgan fingerprint density at radius 2 is 1.67 bits per heavy atom. The summed E-state index contributed by atoms with van der Waals surface area (Å²) in [5, 5.41) is 12.6. The Morgan fingerprint density at radius 3 is 2.33 bits per heavy atom. The van der Waals surface area contributed by atoms with E-state index >= 15 is 0 Å². The minimum Gasteiger partial charge on any atom is -0.490 e. The molecule has 1 aromatic carbocycles. The summed E-state index contributed by atoms with van der Waals surface area (Å²) in [6.45, 7) is 16.2. The number of hydrogen-bond acceptors (Lipinski definition) is 5. The molecule has 1 heterocycles. The molecule has 188 valence electrons. The zero-order valence-corrected chi connectivity index (χ0v) is 21.6. The minimum atomic E-state index is -0.684. The molecule has 2 rings (SSSR count). The Labute approximate surface area is 202 Å². The van der Waals surface area contributed by atoms with Crippen LogP contribution in [0.4, 0.5) is 0 Å². The third-order valence-electron chi connectivity index (χ3n) is 6.37. The average Bonchev–Trinajstić information content (AvgIpc) is 2.76. The fourth-order valence-electron chi connectivity index (χ4n) is 4.94. The van der Waals surface area contributed by atoms with E-state index in [0.717, 1.165) is 37.2 Å². The molecule has 33 heavy (non-hydrogen) atoms. The van der Waals surface area contributed by atoms with Gasteiger partial charge in [-0.2, -0.15) is 5.06 Å². The van der Waals surface area contributed by atoms with Crippen LogP contribution >= 0.6 is 0 Å². The first-order chi connectivity index (χ1) is 15.7. The number of piperidine rings is 1. The van der Waals surface area contributed by atoms with Gasteiger partial charge < -0.3 is 14.6 Å². The maximum atomic E-state index is 10.4. The smallest absolute Gasteiger partial charge is 0.126 e. The SMILES string of the molecule is C=Cc1ccccc1OCC(O)COC1CC(C)(C)N(OCCCCCCCC)C(C)(C)C1. The van der Waals surface area contributed by atoms with Gasteiger partial charge in [-0.15, -0.1) is 0 Å². The molecule has 0 amide bonds. The molecule has 0 saturated carbocycles. The minimum absolute atomic E-state index is 0.0685. The summed E-state index contributed by atoms with van der Waals surface area (Å²) in [6.07, 6.45) is 10.4. The zero-order chi connectivity index (χ0) is 24.3. The van der Waals surface area contributed by atoms with Gasteiger partial charge >= 0.3 is 0 Å². The van der Waals surface area contributed by atoms with Crippen molar-refractivity contribution in [3.8, 4) is 5.75 Å². The topological polar surface area (TPSA) is 51.2 Å². The van der Waals surface area contributed by atoms with Gasteiger partial charge in [-0.25, -0.2) is 0 Å². The van der Waals surface area contributed by atoms with Crippen molar-refractivity contribution in [1.29, 1.82) is 0 Å². The van der Waals surface area contributed by atoms with Crippen LogP contribution in [0.15, 0.2) is 30.8 Å². The fourth-order valence-corrected chi connectivity index (χ4v) is 4.94. The van der Waals surface area contributed by atoms with Gasteiger partial charge in [0.2, 0.25) is 0 Å². The first kappa shape index (κ1) is 27.8. The maximum absolute atomic E-state index is 10.4. The number of aliphatic hydroxyl groups is 1. The molecule has 1 aromatic rings. The van der Waals surface area contributed by atoms with E-state index in [2.05, 4.69) is 46.3 Å². The third-order valence-corrected chi connectivity index (χ3v) is 6.37. The molecule has 1 saturated heterocycles. The highest BCUT2D eigenvalue weighted by molar-refractivity contribution is 5.55. The van der Waals surface area contributed by atoms with Crippen molar-refractivity contribution < 1.29 is 19.4 Å². The number of nitrogens with zero attached hydrogens (tertiary/aromatic N) is 1. The highest BCUT2D eigenvalue weighted by atomic mass is 16.7. The summed E-state index contributed by atoms with van der Waals surface area (Å²) < 4.78 is 11.9. The average molecular weight is 462 g/mol. The van der Waals surface area contributed by atoms with E-state index in [9.17, 15) is 5.11 Å². The molecule has 0 radical (unpaired) electrons. The Morgan fingerprint density at radius 1 is 1.03 bits per heavy atom. The predicted molar refractivity (Wildman–Crippen MR) is 136 cm³/mol. The van der Waals surface area contributed by atoms with Crippen LogP contribution in [0.2, 0.25) is 0 Å². The first-order valence-corrected chi connectivity index (χ1v) is 12.8. The number of hydrogen-bond donors (Lipinski definition) is 1. The number of rotatable bonds is 15. The largest absolute Gasteiger partial charge is 0.490 e. The van der Waals surface area contributed by atoms with Crippen LogP contribution in [-0.4, -0.2) is 53.3 Å². The van der Waals surface area contributed by atoms with Crippen molar-refractivity contribution in [1.82, 2.24) is 5.06 Å². The van der Waals surface area contributed by atoms with Crippen LogP contribution < -0.4 is 4.74 Å². The summed E-state index contributed by atoms with van der Waals surface area (Å²) in [7, 11) is 0. The molecular formula is C28H47NO4. The summed E-state index contributed by atoms with van der Waals surface area (Å²) in [4.78, 5) is 6.30. The molecule has 0 aromatic heterocycles. The standard InChI is InChI=1S/C28H47NO4/c1-7-9-10-11-12-15-18-33-29-27(3,4)19-25(20-28(29,5)6)31-21-24(30)22-32-26-17-14-13-16-23(26)8-2/h8,13-14,16-17,24-25,30H,2,7,9-12,15,18-22H2,1,3-6H3. The summed E-state index contributed by atoms with van der Waals surface area (Å²) in [6, 6.07) is 7.68. The van der Waals surface area contributed by atoms with Gasteiger partial charge in [0.05, 0.1) is 19.3 Å². The zero-order valence-electron chi connectivity index (χ0n) is 21.6. The Bertz CT molecular complexity index is 685. The lowest BCUT2D eigenvalue weighted by molar-refractivity contribution is -0.296. The second-order valence-corrected chi connectivity index (χ2v) is 10.6. The third kappa shape index (κ3) is 9.05. The maximum Gasteiger partial charge on any atom is 0.126 e. The second kappa shape index (κ2) is 13.5. The van der Waals surface area contributed by atoms with E-state index in [1.165, 1.54) is 32.1 Å². The predicted octanol–water partition coefficient (Wildman–Crippen LogP) is 6.40. The molecule has 1 atom stereocenters. The van der Waals surface area contributed by atoms with Gasteiger partial charge in [-0.3, -0.25) is 4.84 Å². The van der Waals surface area contributed by atoms with E-state index in [0.29, 0.717) is 0 Å². The van der Waals surface area contributed by atoms with E-state index in [1.807, 2.05) is 24.3 Å². The molecule has 1 aliphatic rings. The molecule has 0 bridgehead atoms. The molecular weight excluding hydrogens is 414 g/mol. The molecule has 0 spiro atoms. The lowest BCUT2D eigenvalue weighted by Crippen LogP contribution is -2.62. The van der Waals surface area contributed by atoms with Crippen LogP contribution in [0.3, 0.4) is 0 Å². The van der Waals surface area contributed by atoms with Crippen molar-refractivity contribution in [3.05, 3.63) is 36.4 Å². The van der Waals surface area contributed by atoms with Crippen molar-refractivity contribution in [2.45, 2.75) is 109 Å². The van der Waals surface area contributed by atoms with E-state index in [-0.39, 0.29) is 30.4 Å². The normalized spacial score (nSPS) is 19.3. The number of benzene rings is 1. The molecule has 1 aliphatic heterocycles. The van der Waals surface area contributed by atoms with Crippen molar-refractivity contribution in [2.24, 2.45) is 0 Å². The van der Waals surface area contributed by atoms with E-state index in [4.69, 9.17) is 14.3 Å². The first-order valence-electron chi connectivity index (χ1n) is 12.8.